The van der Waals surface area contributed by atoms with Crippen LogP contribution in [0.1, 0.15) is 10.4 Å². The van der Waals surface area contributed by atoms with Crippen LogP contribution in [0, 0.1) is 0 Å². The van der Waals surface area contributed by atoms with E-state index in [9.17, 15) is 9.59 Å². The molecule has 7 nitrogen and oxygen atoms in total. The highest BCUT2D eigenvalue weighted by Gasteiger charge is 2.15. The molecule has 3 rings (SSSR count). The summed E-state index contributed by atoms with van der Waals surface area (Å²) in [6.45, 7) is 0.533. The number of amides is 2. The third kappa shape index (κ3) is 4.50. The van der Waals surface area contributed by atoms with Gasteiger partial charge < -0.3 is 14.2 Å². The lowest BCUT2D eigenvalue weighted by Crippen LogP contribution is -2.43. The number of hydrogen-bond acceptors (Lipinski definition) is 5. The Kier molecular flexibility index (Phi) is 5.70. The number of fused-ring (bicyclic) bond motifs is 1. The highest BCUT2D eigenvalue weighted by atomic mass is 35.5. The molecule has 0 atom stereocenters. The summed E-state index contributed by atoms with van der Waals surface area (Å²) in [5.74, 6) is 0.258. The minimum Gasteiger partial charge on any atom is -0.486 e. The van der Waals surface area contributed by atoms with Crippen molar-refractivity contribution in [2.24, 2.45) is 0 Å². The largest absolute Gasteiger partial charge is 0.486 e. The van der Waals surface area contributed by atoms with Crippen molar-refractivity contribution >= 4 is 35.0 Å². The van der Waals surface area contributed by atoms with Gasteiger partial charge in [-0.15, -0.1) is 0 Å². The summed E-state index contributed by atoms with van der Waals surface area (Å²) in [6.07, 6.45) is 0. The zero-order chi connectivity index (χ0) is 18.5. The van der Waals surface area contributed by atoms with Crippen molar-refractivity contribution in [2.45, 2.75) is 0 Å². The van der Waals surface area contributed by atoms with Gasteiger partial charge in [0, 0.05) is 16.7 Å². The first-order valence-electron chi connectivity index (χ1n) is 7.59. The first kappa shape index (κ1) is 18.2. The van der Waals surface area contributed by atoms with Gasteiger partial charge in [0.15, 0.2) is 18.1 Å². The minimum absolute atomic E-state index is 0.271. The number of hydrazine groups is 1. The first-order valence-corrected chi connectivity index (χ1v) is 8.35. The van der Waals surface area contributed by atoms with Crippen molar-refractivity contribution in [2.75, 3.05) is 19.8 Å². The van der Waals surface area contributed by atoms with Crippen LogP contribution in [0.4, 0.5) is 0 Å². The summed E-state index contributed by atoms with van der Waals surface area (Å²) in [5.41, 5.74) is 4.86. The molecule has 26 heavy (non-hydrogen) atoms. The maximum atomic E-state index is 12.1. The number of benzene rings is 2. The van der Waals surface area contributed by atoms with Crippen LogP contribution in [-0.4, -0.2) is 31.6 Å². The molecule has 0 saturated heterocycles. The molecule has 2 aromatic rings. The van der Waals surface area contributed by atoms with E-state index in [0.717, 1.165) is 0 Å². The summed E-state index contributed by atoms with van der Waals surface area (Å²) in [7, 11) is 0. The normalized spacial score (nSPS) is 12.2. The highest BCUT2D eigenvalue weighted by Crippen LogP contribution is 2.30. The van der Waals surface area contributed by atoms with Crippen LogP contribution in [0.3, 0.4) is 0 Å². The lowest BCUT2D eigenvalue weighted by atomic mass is 10.2. The van der Waals surface area contributed by atoms with Gasteiger partial charge in [-0.2, -0.15) is 0 Å². The van der Waals surface area contributed by atoms with Gasteiger partial charge in [-0.3, -0.25) is 20.4 Å². The lowest BCUT2D eigenvalue weighted by Gasteiger charge is -2.18. The van der Waals surface area contributed by atoms with Crippen molar-refractivity contribution < 1.29 is 23.8 Å². The second-order valence-corrected chi connectivity index (χ2v) is 6.07. The van der Waals surface area contributed by atoms with E-state index in [4.69, 9.17) is 37.4 Å². The zero-order valence-electron chi connectivity index (χ0n) is 13.4. The average molecular weight is 397 g/mol. The topological polar surface area (TPSA) is 85.9 Å². The average Bonchev–Trinajstić information content (AvgIpc) is 2.66. The number of hydrogen-bond donors (Lipinski definition) is 2. The molecule has 136 valence electrons. The summed E-state index contributed by atoms with van der Waals surface area (Å²) in [4.78, 5) is 23.9. The first-order chi connectivity index (χ1) is 12.5. The molecule has 0 unspecified atom stereocenters. The Morgan fingerprint density at radius 3 is 2.58 bits per heavy atom. The second kappa shape index (κ2) is 8.16. The second-order valence-electron chi connectivity index (χ2n) is 5.22. The van der Waals surface area contributed by atoms with Crippen LogP contribution in [0.5, 0.6) is 17.2 Å². The number of halogens is 2. The van der Waals surface area contributed by atoms with Crippen LogP contribution in [0.15, 0.2) is 36.4 Å². The molecular formula is C17H14Cl2N2O5. The van der Waals surface area contributed by atoms with Gasteiger partial charge in [-0.25, -0.2) is 0 Å². The number of ether oxygens (including phenoxy) is 3. The summed E-state index contributed by atoms with van der Waals surface area (Å²) in [6, 6.07) is 9.39. The van der Waals surface area contributed by atoms with Crippen LogP contribution in [-0.2, 0) is 4.79 Å². The van der Waals surface area contributed by atoms with E-state index < -0.39 is 11.8 Å². The molecule has 1 aliphatic rings. The van der Waals surface area contributed by atoms with Crippen LogP contribution < -0.4 is 25.1 Å². The lowest BCUT2D eigenvalue weighted by molar-refractivity contribution is -0.123. The molecule has 1 heterocycles. The SMILES string of the molecule is O=C(COc1cc(Cl)ccc1Cl)NNC(=O)c1ccc2c(c1)OCCO2. The molecule has 0 aliphatic carbocycles. The third-order valence-electron chi connectivity index (χ3n) is 3.37. The molecule has 0 saturated carbocycles. The predicted molar refractivity (Wildman–Crippen MR) is 95.0 cm³/mol. The fourth-order valence-electron chi connectivity index (χ4n) is 2.15. The van der Waals surface area contributed by atoms with Crippen molar-refractivity contribution in [1.82, 2.24) is 10.9 Å². The maximum Gasteiger partial charge on any atom is 0.276 e. The molecule has 0 aromatic heterocycles. The van der Waals surface area contributed by atoms with Gasteiger partial charge in [0.25, 0.3) is 11.8 Å². The van der Waals surface area contributed by atoms with E-state index in [1.54, 1.807) is 24.3 Å². The quantitative estimate of drug-likeness (QED) is 0.775. The van der Waals surface area contributed by atoms with E-state index in [2.05, 4.69) is 10.9 Å². The van der Waals surface area contributed by atoms with Gasteiger partial charge in [-0.05, 0) is 30.3 Å². The van der Waals surface area contributed by atoms with E-state index in [1.165, 1.54) is 12.1 Å². The van der Waals surface area contributed by atoms with Crippen LogP contribution in [0.2, 0.25) is 10.0 Å². The van der Waals surface area contributed by atoms with E-state index >= 15 is 0 Å². The van der Waals surface area contributed by atoms with E-state index in [-0.39, 0.29) is 12.4 Å². The van der Waals surface area contributed by atoms with Crippen LogP contribution in [0.25, 0.3) is 0 Å². The van der Waals surface area contributed by atoms with Gasteiger partial charge in [0.05, 0.1) is 5.02 Å². The number of nitrogens with one attached hydrogen (secondary N) is 2. The van der Waals surface area contributed by atoms with Crippen molar-refractivity contribution in [1.29, 1.82) is 0 Å². The Labute approximate surface area is 159 Å². The van der Waals surface area contributed by atoms with Crippen molar-refractivity contribution in [3.63, 3.8) is 0 Å². The highest BCUT2D eigenvalue weighted by molar-refractivity contribution is 6.34. The fourth-order valence-corrected chi connectivity index (χ4v) is 2.48. The molecule has 9 heteroatoms. The predicted octanol–water partition coefficient (Wildman–Crippen LogP) is 2.60. The molecule has 0 bridgehead atoms. The summed E-state index contributed by atoms with van der Waals surface area (Å²) < 4.78 is 16.1. The Bertz CT molecular complexity index is 844. The summed E-state index contributed by atoms with van der Waals surface area (Å²) >= 11 is 11.8. The third-order valence-corrected chi connectivity index (χ3v) is 3.92. The van der Waals surface area contributed by atoms with Gasteiger partial charge in [0.2, 0.25) is 0 Å². The Morgan fingerprint density at radius 2 is 1.77 bits per heavy atom. The maximum absolute atomic E-state index is 12.1. The van der Waals surface area contributed by atoms with Crippen LogP contribution >= 0.6 is 23.2 Å². The Morgan fingerprint density at radius 1 is 1.00 bits per heavy atom. The minimum atomic E-state index is -0.563. The molecule has 0 radical (unpaired) electrons. The Balaban J connectivity index is 1.51. The van der Waals surface area contributed by atoms with E-state index in [1.807, 2.05) is 0 Å². The monoisotopic (exact) mass is 396 g/mol. The van der Waals surface area contributed by atoms with E-state index in [0.29, 0.717) is 40.3 Å². The van der Waals surface area contributed by atoms with Crippen molar-refractivity contribution in [3.8, 4) is 17.2 Å². The Hall–Kier alpha value is -2.64. The summed E-state index contributed by atoms with van der Waals surface area (Å²) in [5, 5.41) is 0.749. The molecule has 2 N–H and O–H groups in total. The standard InChI is InChI=1S/C17H14Cl2N2O5/c18-11-2-3-12(19)14(8-11)26-9-16(22)20-21-17(23)10-1-4-13-15(7-10)25-6-5-24-13/h1-4,7-8H,5-6,9H2,(H,20,22)(H,21,23). The molecule has 0 spiro atoms. The smallest absolute Gasteiger partial charge is 0.276 e. The molecule has 2 amide bonds. The van der Waals surface area contributed by atoms with Gasteiger partial charge in [0.1, 0.15) is 19.0 Å². The molecular weight excluding hydrogens is 383 g/mol. The van der Waals surface area contributed by atoms with Gasteiger partial charge >= 0.3 is 0 Å². The molecule has 1 aliphatic heterocycles. The number of rotatable bonds is 4. The number of carbonyl (C=O) groups is 2. The van der Waals surface area contributed by atoms with Crippen molar-refractivity contribution in [3.05, 3.63) is 52.0 Å². The zero-order valence-corrected chi connectivity index (χ0v) is 14.9. The number of carbonyl (C=O) groups excluding carboxylic acids is 2. The molecule has 2 aromatic carbocycles. The fraction of sp³-hybridized carbons (Fsp3) is 0.176. The van der Waals surface area contributed by atoms with Gasteiger partial charge in [-0.1, -0.05) is 23.2 Å². The molecule has 0 fully saturated rings.